The van der Waals surface area contributed by atoms with Gasteiger partial charge < -0.3 is 9.88 Å². The van der Waals surface area contributed by atoms with E-state index in [-0.39, 0.29) is 10.8 Å². The van der Waals surface area contributed by atoms with Crippen molar-refractivity contribution in [3.63, 3.8) is 0 Å². The number of carbonyl (C=O) groups is 1. The third-order valence-corrected chi connectivity index (χ3v) is 6.53. The fourth-order valence-electron chi connectivity index (χ4n) is 2.94. The Hall–Kier alpha value is -2.90. The van der Waals surface area contributed by atoms with E-state index in [1.807, 2.05) is 41.2 Å². The molecule has 1 heterocycles. The average Bonchev–Trinajstić information content (AvgIpc) is 3.24. The molecule has 146 valence electrons. The summed E-state index contributed by atoms with van der Waals surface area (Å²) in [6.45, 7) is 4.43. The number of carbonyl (C=O) groups excluding carboxylic acids is 1. The summed E-state index contributed by atoms with van der Waals surface area (Å²) >= 11 is 0. The molecule has 0 aliphatic heterocycles. The van der Waals surface area contributed by atoms with Crippen molar-refractivity contribution in [1.29, 1.82) is 0 Å². The van der Waals surface area contributed by atoms with Gasteiger partial charge in [-0.15, -0.1) is 0 Å². The first kappa shape index (κ1) is 19.9. The Bertz CT molecular complexity index is 1040. The molecule has 1 N–H and O–H groups in total. The first-order chi connectivity index (χ1) is 13.5. The maximum Gasteiger partial charge on any atom is 0.255 e. The van der Waals surface area contributed by atoms with Crippen molar-refractivity contribution in [2.45, 2.75) is 18.7 Å². The van der Waals surface area contributed by atoms with Crippen LogP contribution in [0.5, 0.6) is 0 Å². The molecule has 0 unspecified atom stereocenters. The highest BCUT2D eigenvalue weighted by Gasteiger charge is 2.21. The Morgan fingerprint density at radius 2 is 1.61 bits per heavy atom. The summed E-state index contributed by atoms with van der Waals surface area (Å²) in [7, 11) is -3.51. The largest absolute Gasteiger partial charge is 0.324 e. The lowest BCUT2D eigenvalue weighted by Crippen LogP contribution is -2.30. The molecule has 7 heteroatoms. The van der Waals surface area contributed by atoms with E-state index >= 15 is 0 Å². The van der Waals surface area contributed by atoms with Crippen LogP contribution in [0.25, 0.3) is 5.69 Å². The molecule has 2 aromatic carbocycles. The maximum atomic E-state index is 12.6. The second kappa shape index (κ2) is 8.41. The summed E-state index contributed by atoms with van der Waals surface area (Å²) in [5.41, 5.74) is 1.94. The van der Waals surface area contributed by atoms with Crippen LogP contribution in [-0.4, -0.2) is 36.3 Å². The summed E-state index contributed by atoms with van der Waals surface area (Å²) in [5.74, 6) is -0.256. The molecule has 0 aliphatic rings. The molecule has 0 atom stereocenters. The van der Waals surface area contributed by atoms with E-state index in [0.717, 1.165) is 5.69 Å². The van der Waals surface area contributed by atoms with Crippen molar-refractivity contribution in [2.24, 2.45) is 0 Å². The lowest BCUT2D eigenvalue weighted by Gasteiger charge is -2.18. The fourth-order valence-corrected chi connectivity index (χ4v) is 4.40. The molecular formula is C21H23N3O3S. The van der Waals surface area contributed by atoms with Gasteiger partial charge in [0.1, 0.15) is 0 Å². The summed E-state index contributed by atoms with van der Waals surface area (Å²) in [5, 5.41) is 2.81. The highest BCUT2D eigenvalue weighted by Crippen LogP contribution is 2.19. The van der Waals surface area contributed by atoms with Crippen LogP contribution in [0.1, 0.15) is 24.2 Å². The van der Waals surface area contributed by atoms with Gasteiger partial charge >= 0.3 is 0 Å². The summed E-state index contributed by atoms with van der Waals surface area (Å²) < 4.78 is 28.4. The molecule has 0 bridgehead atoms. The summed E-state index contributed by atoms with van der Waals surface area (Å²) in [4.78, 5) is 12.8. The standard InChI is InChI=1S/C21H23N3O3S/c1-3-24(4-2)28(26,27)20-12-10-18(11-13-20)22-21(25)17-8-7-9-19(16-17)23-14-5-6-15-23/h5-16H,3-4H2,1-2H3,(H,22,25). The van der Waals surface area contributed by atoms with Crippen LogP contribution < -0.4 is 5.32 Å². The minimum atomic E-state index is -3.51. The number of benzene rings is 2. The van der Waals surface area contributed by atoms with E-state index in [1.54, 1.807) is 38.1 Å². The molecule has 0 saturated heterocycles. The van der Waals surface area contributed by atoms with Gasteiger partial charge in [0.2, 0.25) is 10.0 Å². The molecule has 6 nitrogen and oxygen atoms in total. The Balaban J connectivity index is 1.76. The van der Waals surface area contributed by atoms with E-state index in [0.29, 0.717) is 24.3 Å². The Labute approximate surface area is 165 Å². The van der Waals surface area contributed by atoms with Gasteiger partial charge in [-0.05, 0) is 54.6 Å². The van der Waals surface area contributed by atoms with Crippen LogP contribution >= 0.6 is 0 Å². The van der Waals surface area contributed by atoms with Crippen molar-refractivity contribution in [3.8, 4) is 5.69 Å². The van der Waals surface area contributed by atoms with Gasteiger partial charge in [-0.25, -0.2) is 8.42 Å². The molecule has 0 fully saturated rings. The highest BCUT2D eigenvalue weighted by atomic mass is 32.2. The molecule has 1 aromatic heterocycles. The molecule has 3 rings (SSSR count). The van der Waals surface area contributed by atoms with E-state index < -0.39 is 10.0 Å². The minimum absolute atomic E-state index is 0.212. The molecule has 3 aromatic rings. The van der Waals surface area contributed by atoms with Crippen LogP contribution in [-0.2, 0) is 10.0 Å². The molecule has 0 aliphatic carbocycles. The van der Waals surface area contributed by atoms with Crippen molar-refractivity contribution in [3.05, 3.63) is 78.6 Å². The Morgan fingerprint density at radius 3 is 2.21 bits per heavy atom. The second-order valence-electron chi connectivity index (χ2n) is 6.21. The van der Waals surface area contributed by atoms with Crippen molar-refractivity contribution < 1.29 is 13.2 Å². The van der Waals surface area contributed by atoms with Crippen LogP contribution in [0, 0.1) is 0 Å². The minimum Gasteiger partial charge on any atom is -0.324 e. The number of nitrogens with one attached hydrogen (secondary N) is 1. The van der Waals surface area contributed by atoms with Crippen LogP contribution in [0.3, 0.4) is 0 Å². The topological polar surface area (TPSA) is 71.4 Å². The lowest BCUT2D eigenvalue weighted by molar-refractivity contribution is 0.102. The number of sulfonamides is 1. The van der Waals surface area contributed by atoms with Crippen LogP contribution in [0.2, 0.25) is 0 Å². The lowest BCUT2D eigenvalue weighted by atomic mass is 10.2. The first-order valence-electron chi connectivity index (χ1n) is 9.10. The predicted molar refractivity (Wildman–Crippen MR) is 110 cm³/mol. The van der Waals surface area contributed by atoms with E-state index in [4.69, 9.17) is 0 Å². The van der Waals surface area contributed by atoms with Gasteiger partial charge in [0, 0.05) is 42.4 Å². The number of anilines is 1. The van der Waals surface area contributed by atoms with E-state index in [9.17, 15) is 13.2 Å². The zero-order chi connectivity index (χ0) is 20.1. The number of hydrogen-bond donors (Lipinski definition) is 1. The molecule has 0 saturated carbocycles. The Morgan fingerprint density at radius 1 is 0.964 bits per heavy atom. The van der Waals surface area contributed by atoms with Crippen molar-refractivity contribution in [1.82, 2.24) is 8.87 Å². The van der Waals surface area contributed by atoms with Crippen LogP contribution in [0.15, 0.2) is 78.0 Å². The van der Waals surface area contributed by atoms with Crippen molar-refractivity contribution >= 4 is 21.6 Å². The van der Waals surface area contributed by atoms with E-state index in [1.165, 1.54) is 16.4 Å². The fraction of sp³-hybridized carbons (Fsp3) is 0.190. The second-order valence-corrected chi connectivity index (χ2v) is 8.15. The number of hydrogen-bond acceptors (Lipinski definition) is 3. The van der Waals surface area contributed by atoms with E-state index in [2.05, 4.69) is 5.32 Å². The third kappa shape index (κ3) is 4.16. The van der Waals surface area contributed by atoms with Crippen LogP contribution in [0.4, 0.5) is 5.69 Å². The Kier molecular flexibility index (Phi) is 5.96. The molecular weight excluding hydrogens is 374 g/mol. The molecule has 0 radical (unpaired) electrons. The number of nitrogens with zero attached hydrogens (tertiary/aromatic N) is 2. The summed E-state index contributed by atoms with van der Waals surface area (Å²) in [6.07, 6.45) is 3.82. The molecule has 0 spiro atoms. The summed E-state index contributed by atoms with van der Waals surface area (Å²) in [6, 6.07) is 17.3. The monoisotopic (exact) mass is 397 g/mol. The van der Waals surface area contributed by atoms with Gasteiger partial charge in [0.25, 0.3) is 5.91 Å². The number of amides is 1. The van der Waals surface area contributed by atoms with Gasteiger partial charge in [0.05, 0.1) is 4.90 Å². The molecule has 1 amide bonds. The molecule has 28 heavy (non-hydrogen) atoms. The third-order valence-electron chi connectivity index (χ3n) is 4.47. The van der Waals surface area contributed by atoms with Gasteiger partial charge in [0.15, 0.2) is 0 Å². The maximum absolute atomic E-state index is 12.6. The SMILES string of the molecule is CCN(CC)S(=O)(=O)c1ccc(NC(=O)c2cccc(-n3cccc3)c2)cc1. The zero-order valence-electron chi connectivity index (χ0n) is 15.9. The number of aromatic nitrogens is 1. The average molecular weight is 398 g/mol. The van der Waals surface area contributed by atoms with Gasteiger partial charge in [-0.3, -0.25) is 4.79 Å². The predicted octanol–water partition coefficient (Wildman–Crippen LogP) is 3.76. The van der Waals surface area contributed by atoms with Gasteiger partial charge in [-0.1, -0.05) is 19.9 Å². The number of rotatable bonds is 7. The zero-order valence-corrected chi connectivity index (χ0v) is 16.7. The normalized spacial score (nSPS) is 11.5. The first-order valence-corrected chi connectivity index (χ1v) is 10.5. The quantitative estimate of drug-likeness (QED) is 0.660. The highest BCUT2D eigenvalue weighted by molar-refractivity contribution is 7.89. The van der Waals surface area contributed by atoms with Crippen molar-refractivity contribution in [2.75, 3.05) is 18.4 Å². The smallest absolute Gasteiger partial charge is 0.255 e. The van der Waals surface area contributed by atoms with Gasteiger partial charge in [-0.2, -0.15) is 4.31 Å².